The number of aliphatic hydroxyl groups is 1. The van der Waals surface area contributed by atoms with Gasteiger partial charge in [-0.25, -0.2) is 9.59 Å². The van der Waals surface area contributed by atoms with Crippen LogP contribution < -0.4 is 5.32 Å². The Morgan fingerprint density at radius 3 is 2.35 bits per heavy atom. The Labute approximate surface area is 114 Å². The van der Waals surface area contributed by atoms with Crippen LogP contribution >= 0.6 is 0 Å². The predicted octanol–water partition coefficient (Wildman–Crippen LogP) is -1.99. The van der Waals surface area contributed by atoms with Crippen LogP contribution in [-0.2, 0) is 19.2 Å². The van der Waals surface area contributed by atoms with E-state index in [-0.39, 0.29) is 13.0 Å². The quantitative estimate of drug-likeness (QED) is 0.438. The minimum absolute atomic E-state index is 0.125. The van der Waals surface area contributed by atoms with Gasteiger partial charge in [0, 0.05) is 6.54 Å². The molecule has 0 aromatic carbocycles. The Hall–Kier alpha value is -2.16. The van der Waals surface area contributed by atoms with Crippen LogP contribution in [0.5, 0.6) is 0 Å². The number of piperidine rings is 1. The molecule has 0 aromatic heterocycles. The largest absolute Gasteiger partial charge is 0.480 e. The van der Waals surface area contributed by atoms with E-state index in [4.69, 9.17) is 15.3 Å². The maximum atomic E-state index is 11.9. The molecule has 2 amide bonds. The molecule has 112 valence electrons. The van der Waals surface area contributed by atoms with Crippen molar-refractivity contribution in [3.8, 4) is 0 Å². The summed E-state index contributed by atoms with van der Waals surface area (Å²) < 4.78 is 0. The summed E-state index contributed by atoms with van der Waals surface area (Å²) in [4.78, 5) is 46.1. The van der Waals surface area contributed by atoms with Gasteiger partial charge in [0.25, 0.3) is 0 Å². The van der Waals surface area contributed by atoms with Crippen LogP contribution in [0.3, 0.4) is 0 Å². The van der Waals surface area contributed by atoms with Crippen molar-refractivity contribution in [2.45, 2.75) is 31.3 Å². The van der Waals surface area contributed by atoms with Crippen LogP contribution in [0.2, 0.25) is 0 Å². The van der Waals surface area contributed by atoms with Crippen molar-refractivity contribution in [1.82, 2.24) is 10.2 Å². The van der Waals surface area contributed by atoms with E-state index >= 15 is 0 Å². The molecule has 1 saturated heterocycles. The summed E-state index contributed by atoms with van der Waals surface area (Å²) in [6.07, 6.45) is 1.46. The van der Waals surface area contributed by atoms with E-state index in [1.54, 1.807) is 0 Å². The van der Waals surface area contributed by atoms with Gasteiger partial charge in [0.2, 0.25) is 0 Å². The number of hydrogen-bond donors (Lipinski definition) is 4. The molecule has 0 unspecified atom stereocenters. The van der Waals surface area contributed by atoms with Crippen molar-refractivity contribution in [2.75, 3.05) is 13.2 Å². The minimum Gasteiger partial charge on any atom is -0.480 e. The molecule has 9 nitrogen and oxygen atoms in total. The third kappa shape index (κ3) is 3.67. The number of likely N-dealkylation sites (tertiary alicyclic amines) is 1. The van der Waals surface area contributed by atoms with Gasteiger partial charge in [-0.2, -0.15) is 0 Å². The van der Waals surface area contributed by atoms with Gasteiger partial charge in [0.1, 0.15) is 6.04 Å². The fourth-order valence-electron chi connectivity index (χ4n) is 1.97. The minimum atomic E-state index is -1.60. The summed E-state index contributed by atoms with van der Waals surface area (Å²) in [7, 11) is 0. The number of carboxylic acid groups (broad SMARTS) is 2. The van der Waals surface area contributed by atoms with E-state index < -0.39 is 42.4 Å². The Balaban J connectivity index is 2.74. The molecule has 4 N–H and O–H groups in total. The van der Waals surface area contributed by atoms with Gasteiger partial charge in [-0.15, -0.1) is 0 Å². The van der Waals surface area contributed by atoms with Crippen molar-refractivity contribution in [1.29, 1.82) is 0 Å². The van der Waals surface area contributed by atoms with Crippen molar-refractivity contribution < 1.29 is 34.5 Å². The van der Waals surface area contributed by atoms with E-state index in [2.05, 4.69) is 0 Å². The summed E-state index contributed by atoms with van der Waals surface area (Å²) in [6.45, 7) is -0.739. The number of carbonyl (C=O) groups excluding carboxylic acids is 2. The number of hydrogen-bond acceptors (Lipinski definition) is 5. The third-order valence-electron chi connectivity index (χ3n) is 3.03. The summed E-state index contributed by atoms with van der Waals surface area (Å²) in [5.41, 5.74) is 0. The van der Waals surface area contributed by atoms with Crippen LogP contribution in [-0.4, -0.2) is 69.2 Å². The van der Waals surface area contributed by atoms with Gasteiger partial charge in [0.05, 0.1) is 6.61 Å². The van der Waals surface area contributed by atoms with Gasteiger partial charge in [-0.3, -0.25) is 9.59 Å². The number of aliphatic hydroxyl groups excluding tert-OH is 1. The van der Waals surface area contributed by atoms with Gasteiger partial charge in [-0.05, 0) is 19.3 Å². The molecule has 1 heterocycles. The molecule has 1 fully saturated rings. The molecule has 20 heavy (non-hydrogen) atoms. The first-order valence-electron chi connectivity index (χ1n) is 6.06. The first-order chi connectivity index (χ1) is 9.38. The second kappa shape index (κ2) is 6.85. The molecule has 0 aromatic rings. The van der Waals surface area contributed by atoms with Gasteiger partial charge in [0.15, 0.2) is 6.04 Å². The van der Waals surface area contributed by atoms with Crippen molar-refractivity contribution in [3.63, 3.8) is 0 Å². The lowest BCUT2D eigenvalue weighted by molar-refractivity contribution is -0.157. The average molecular weight is 288 g/mol. The number of nitrogens with one attached hydrogen (secondary N) is 1. The van der Waals surface area contributed by atoms with Gasteiger partial charge >= 0.3 is 23.8 Å². The smallest absolute Gasteiger partial charge is 0.328 e. The zero-order chi connectivity index (χ0) is 15.3. The van der Waals surface area contributed by atoms with E-state index in [9.17, 15) is 19.2 Å². The van der Waals surface area contributed by atoms with Crippen LogP contribution in [0, 0.1) is 0 Å². The maximum absolute atomic E-state index is 11.9. The first kappa shape index (κ1) is 15.9. The molecule has 1 aliphatic rings. The lowest BCUT2D eigenvalue weighted by Gasteiger charge is -2.32. The van der Waals surface area contributed by atoms with Crippen LogP contribution in [0.1, 0.15) is 19.3 Å². The summed E-state index contributed by atoms with van der Waals surface area (Å²) in [6, 6.07) is -2.68. The zero-order valence-electron chi connectivity index (χ0n) is 10.6. The topological polar surface area (TPSA) is 144 Å². The monoisotopic (exact) mass is 288 g/mol. The summed E-state index contributed by atoms with van der Waals surface area (Å²) >= 11 is 0. The van der Waals surface area contributed by atoms with Crippen molar-refractivity contribution >= 4 is 23.8 Å². The van der Waals surface area contributed by atoms with E-state index in [1.807, 2.05) is 5.32 Å². The second-order valence-corrected chi connectivity index (χ2v) is 4.40. The molecule has 2 atom stereocenters. The molecular formula is C11H16N2O7. The maximum Gasteiger partial charge on any atom is 0.328 e. The second-order valence-electron chi connectivity index (χ2n) is 4.40. The number of amides is 2. The molecule has 0 spiro atoms. The molecule has 9 heteroatoms. The third-order valence-corrected chi connectivity index (χ3v) is 3.03. The number of aliphatic carboxylic acids is 2. The Kier molecular flexibility index (Phi) is 5.44. The van der Waals surface area contributed by atoms with Crippen LogP contribution in [0.4, 0.5) is 0 Å². The summed E-state index contributed by atoms with van der Waals surface area (Å²) in [5.74, 6) is -5.03. The highest BCUT2D eigenvalue weighted by Crippen LogP contribution is 2.17. The standard InChI is InChI=1S/C11H16N2O7/c14-5-6(10(17)18)12-8(15)9(16)13-4-2-1-3-7(13)11(19)20/h6-7,14H,1-5H2,(H,12,15)(H,17,18)(H,19,20)/t6-,7-/m0/s1. The SMILES string of the molecule is O=C(N[C@@H](CO)C(=O)O)C(=O)N1CCCC[C@H]1C(=O)O. The highest BCUT2D eigenvalue weighted by atomic mass is 16.4. The number of carbonyl (C=O) groups is 4. The van der Waals surface area contributed by atoms with Gasteiger partial charge < -0.3 is 25.5 Å². The summed E-state index contributed by atoms with van der Waals surface area (Å²) in [5, 5.41) is 28.3. The first-order valence-corrected chi connectivity index (χ1v) is 6.06. The molecule has 1 rings (SSSR count). The zero-order valence-corrected chi connectivity index (χ0v) is 10.6. The molecule has 0 bridgehead atoms. The van der Waals surface area contributed by atoms with Crippen LogP contribution in [0.15, 0.2) is 0 Å². The predicted molar refractivity (Wildman–Crippen MR) is 63.6 cm³/mol. The molecule has 0 radical (unpaired) electrons. The fraction of sp³-hybridized carbons (Fsp3) is 0.636. The van der Waals surface area contributed by atoms with Crippen LogP contribution in [0.25, 0.3) is 0 Å². The molecule has 0 aliphatic carbocycles. The lowest BCUT2D eigenvalue weighted by atomic mass is 10.0. The van der Waals surface area contributed by atoms with E-state index in [0.717, 1.165) is 4.90 Å². The van der Waals surface area contributed by atoms with Crippen molar-refractivity contribution in [3.05, 3.63) is 0 Å². The van der Waals surface area contributed by atoms with Crippen molar-refractivity contribution in [2.24, 2.45) is 0 Å². The Bertz CT molecular complexity index is 423. The number of carboxylic acids is 2. The van der Waals surface area contributed by atoms with Gasteiger partial charge in [-0.1, -0.05) is 0 Å². The van der Waals surface area contributed by atoms with E-state index in [0.29, 0.717) is 12.8 Å². The molecule has 1 aliphatic heterocycles. The highest BCUT2D eigenvalue weighted by molar-refractivity contribution is 6.35. The van der Waals surface area contributed by atoms with E-state index in [1.165, 1.54) is 0 Å². The Morgan fingerprint density at radius 1 is 1.20 bits per heavy atom. The average Bonchev–Trinajstić information content (AvgIpc) is 2.43. The molecule has 0 saturated carbocycles. The fourth-order valence-corrected chi connectivity index (χ4v) is 1.97. The number of rotatable bonds is 4. The molecular weight excluding hydrogens is 272 g/mol. The Morgan fingerprint density at radius 2 is 1.85 bits per heavy atom. The lowest BCUT2D eigenvalue weighted by Crippen LogP contribution is -2.55. The normalized spacial score (nSPS) is 20.1. The highest BCUT2D eigenvalue weighted by Gasteiger charge is 2.36. The number of nitrogens with zero attached hydrogens (tertiary/aromatic N) is 1.